The van der Waals surface area contributed by atoms with Gasteiger partial charge in [-0.05, 0) is 52.4 Å². The lowest BCUT2D eigenvalue weighted by molar-refractivity contribution is 0.119. The summed E-state index contributed by atoms with van der Waals surface area (Å²) in [5.74, 6) is 0. The predicted molar refractivity (Wildman–Crippen MR) is 67.3 cm³/mol. The fourth-order valence-electron chi connectivity index (χ4n) is 2.55. The van der Waals surface area contributed by atoms with Crippen LogP contribution in [0.4, 0.5) is 0 Å². The van der Waals surface area contributed by atoms with Crippen molar-refractivity contribution < 1.29 is 0 Å². The normalized spacial score (nSPS) is 23.8. The van der Waals surface area contributed by atoms with Crippen LogP contribution in [0.25, 0.3) is 0 Å². The molecular formula is C13H28N2. The molecule has 0 atom stereocenters. The van der Waals surface area contributed by atoms with Crippen LogP contribution >= 0.6 is 0 Å². The third-order valence-electron chi connectivity index (χ3n) is 3.54. The summed E-state index contributed by atoms with van der Waals surface area (Å²) in [5.41, 5.74) is 0. The number of rotatable bonds is 3. The first kappa shape index (κ1) is 13.0. The summed E-state index contributed by atoms with van der Waals surface area (Å²) in [5, 5.41) is 0. The molecule has 90 valence electrons. The zero-order valence-corrected chi connectivity index (χ0v) is 11.0. The maximum atomic E-state index is 2.74. The van der Waals surface area contributed by atoms with Crippen LogP contribution < -0.4 is 0 Å². The second-order valence-electron chi connectivity index (χ2n) is 4.60. The largest absolute Gasteiger partial charge is 0.306 e. The zero-order valence-electron chi connectivity index (χ0n) is 11.0. The van der Waals surface area contributed by atoms with E-state index in [-0.39, 0.29) is 0 Å². The van der Waals surface area contributed by atoms with Gasteiger partial charge in [0.05, 0.1) is 0 Å². The van der Waals surface area contributed by atoms with Crippen molar-refractivity contribution in [2.45, 2.75) is 58.5 Å². The highest BCUT2D eigenvalue weighted by molar-refractivity contribution is 4.89. The van der Waals surface area contributed by atoms with Gasteiger partial charge < -0.3 is 4.90 Å². The van der Waals surface area contributed by atoms with Crippen LogP contribution in [0, 0.1) is 0 Å². The van der Waals surface area contributed by atoms with E-state index in [9.17, 15) is 0 Å². The van der Waals surface area contributed by atoms with Crippen molar-refractivity contribution in [1.29, 1.82) is 0 Å². The Morgan fingerprint density at radius 3 is 1.87 bits per heavy atom. The first-order valence-electron chi connectivity index (χ1n) is 6.75. The van der Waals surface area contributed by atoms with E-state index in [0.717, 1.165) is 12.1 Å². The Morgan fingerprint density at radius 1 is 1.00 bits per heavy atom. The van der Waals surface area contributed by atoms with E-state index in [1.54, 1.807) is 0 Å². The Kier molecular flexibility index (Phi) is 5.62. The maximum absolute atomic E-state index is 2.74. The molecule has 1 heterocycles. The molecule has 2 aliphatic rings. The number of piperidine rings is 1. The lowest BCUT2D eigenvalue weighted by atomic mass is 10.0. The van der Waals surface area contributed by atoms with Crippen molar-refractivity contribution in [2.24, 2.45) is 0 Å². The average Bonchev–Trinajstić information content (AvgIpc) is 3.09. The van der Waals surface area contributed by atoms with Gasteiger partial charge in [0, 0.05) is 12.1 Å². The highest BCUT2D eigenvalue weighted by Gasteiger charge is 2.33. The van der Waals surface area contributed by atoms with Gasteiger partial charge in [0.15, 0.2) is 0 Å². The predicted octanol–water partition coefficient (Wildman–Crippen LogP) is 2.59. The van der Waals surface area contributed by atoms with Crippen LogP contribution in [-0.4, -0.2) is 48.6 Å². The van der Waals surface area contributed by atoms with Crippen molar-refractivity contribution in [3.63, 3.8) is 0 Å². The minimum Gasteiger partial charge on any atom is -0.306 e. The van der Waals surface area contributed by atoms with Crippen molar-refractivity contribution in [1.82, 2.24) is 9.80 Å². The SMILES string of the molecule is CC.CCN(C1CC1)C1CCN(C)CC1. The Balaban J connectivity index is 0.000000531. The van der Waals surface area contributed by atoms with Crippen LogP contribution in [0.2, 0.25) is 0 Å². The Labute approximate surface area is 95.6 Å². The molecule has 0 bridgehead atoms. The molecule has 0 unspecified atom stereocenters. The molecule has 0 N–H and O–H groups in total. The van der Waals surface area contributed by atoms with Crippen LogP contribution in [-0.2, 0) is 0 Å². The van der Waals surface area contributed by atoms with Gasteiger partial charge in [0.25, 0.3) is 0 Å². The summed E-state index contributed by atoms with van der Waals surface area (Å²) in [6.45, 7) is 10.2. The van der Waals surface area contributed by atoms with Gasteiger partial charge in [0.2, 0.25) is 0 Å². The molecule has 2 rings (SSSR count). The second kappa shape index (κ2) is 6.49. The van der Waals surface area contributed by atoms with Gasteiger partial charge in [-0.1, -0.05) is 20.8 Å². The van der Waals surface area contributed by atoms with Crippen LogP contribution in [0.5, 0.6) is 0 Å². The van der Waals surface area contributed by atoms with Crippen LogP contribution in [0.15, 0.2) is 0 Å². The molecule has 0 amide bonds. The molecule has 1 saturated heterocycles. The molecule has 1 aliphatic carbocycles. The first-order valence-corrected chi connectivity index (χ1v) is 6.75. The zero-order chi connectivity index (χ0) is 11.3. The minimum absolute atomic E-state index is 0.897. The lowest BCUT2D eigenvalue weighted by Gasteiger charge is -2.36. The van der Waals surface area contributed by atoms with E-state index in [1.807, 2.05) is 13.8 Å². The van der Waals surface area contributed by atoms with E-state index >= 15 is 0 Å². The number of hydrogen-bond acceptors (Lipinski definition) is 2. The van der Waals surface area contributed by atoms with Gasteiger partial charge in [-0.15, -0.1) is 0 Å². The summed E-state index contributed by atoms with van der Waals surface area (Å²) < 4.78 is 0. The Bertz CT molecular complexity index is 158. The van der Waals surface area contributed by atoms with E-state index in [1.165, 1.54) is 45.3 Å². The number of nitrogens with zero attached hydrogens (tertiary/aromatic N) is 2. The van der Waals surface area contributed by atoms with Gasteiger partial charge in [-0.25, -0.2) is 0 Å². The summed E-state index contributed by atoms with van der Waals surface area (Å²) in [6.07, 6.45) is 5.70. The monoisotopic (exact) mass is 212 g/mol. The summed E-state index contributed by atoms with van der Waals surface area (Å²) >= 11 is 0. The molecule has 0 spiro atoms. The standard InChI is InChI=1S/C11H22N2.C2H6/c1-3-13(10-4-5-10)11-6-8-12(2)9-7-11;1-2/h10-11H,3-9H2,1-2H3;1-2H3. The number of hydrogen-bond donors (Lipinski definition) is 0. The molecule has 0 radical (unpaired) electrons. The van der Waals surface area contributed by atoms with Crippen LogP contribution in [0.3, 0.4) is 0 Å². The highest BCUT2D eigenvalue weighted by Crippen LogP contribution is 2.31. The van der Waals surface area contributed by atoms with E-state index in [4.69, 9.17) is 0 Å². The third kappa shape index (κ3) is 3.76. The van der Waals surface area contributed by atoms with Gasteiger partial charge in [0.1, 0.15) is 0 Å². The Hall–Kier alpha value is -0.0800. The van der Waals surface area contributed by atoms with Crippen molar-refractivity contribution in [3.05, 3.63) is 0 Å². The van der Waals surface area contributed by atoms with E-state index in [2.05, 4.69) is 23.8 Å². The summed E-state index contributed by atoms with van der Waals surface area (Å²) in [7, 11) is 2.24. The van der Waals surface area contributed by atoms with Gasteiger partial charge in [-0.2, -0.15) is 0 Å². The maximum Gasteiger partial charge on any atom is 0.0122 e. The quantitative estimate of drug-likeness (QED) is 0.709. The minimum atomic E-state index is 0.897. The van der Waals surface area contributed by atoms with Gasteiger partial charge in [-0.3, -0.25) is 4.90 Å². The van der Waals surface area contributed by atoms with Crippen molar-refractivity contribution in [3.8, 4) is 0 Å². The molecular weight excluding hydrogens is 184 g/mol. The topological polar surface area (TPSA) is 6.48 Å². The van der Waals surface area contributed by atoms with Gasteiger partial charge >= 0.3 is 0 Å². The van der Waals surface area contributed by atoms with Crippen LogP contribution in [0.1, 0.15) is 46.5 Å². The second-order valence-corrected chi connectivity index (χ2v) is 4.60. The fraction of sp³-hybridized carbons (Fsp3) is 1.00. The lowest BCUT2D eigenvalue weighted by Crippen LogP contribution is -2.44. The molecule has 1 aliphatic heterocycles. The molecule has 15 heavy (non-hydrogen) atoms. The molecule has 2 fully saturated rings. The molecule has 0 aromatic heterocycles. The molecule has 2 nitrogen and oxygen atoms in total. The fourth-order valence-corrected chi connectivity index (χ4v) is 2.55. The molecule has 0 aromatic carbocycles. The first-order chi connectivity index (χ1) is 7.31. The number of likely N-dealkylation sites (tertiary alicyclic amines) is 1. The smallest absolute Gasteiger partial charge is 0.0122 e. The summed E-state index contributed by atoms with van der Waals surface area (Å²) in [4.78, 5) is 5.20. The van der Waals surface area contributed by atoms with E-state index < -0.39 is 0 Å². The van der Waals surface area contributed by atoms with Crippen molar-refractivity contribution in [2.75, 3.05) is 26.7 Å². The third-order valence-corrected chi connectivity index (χ3v) is 3.54. The molecule has 0 aromatic rings. The molecule has 1 saturated carbocycles. The Morgan fingerprint density at radius 2 is 1.47 bits per heavy atom. The average molecular weight is 212 g/mol. The highest BCUT2D eigenvalue weighted by atomic mass is 15.2. The summed E-state index contributed by atoms with van der Waals surface area (Å²) in [6, 6.07) is 1.85. The molecule has 2 heteroatoms. The van der Waals surface area contributed by atoms with E-state index in [0.29, 0.717) is 0 Å². The van der Waals surface area contributed by atoms with Crippen molar-refractivity contribution >= 4 is 0 Å².